The zero-order valence-corrected chi connectivity index (χ0v) is 12.8. The van der Waals surface area contributed by atoms with Crippen LogP contribution in [0.2, 0.25) is 0 Å². The first-order chi connectivity index (χ1) is 10.5. The molecule has 1 atom stereocenters. The van der Waals surface area contributed by atoms with E-state index in [4.69, 9.17) is 4.74 Å². The second-order valence-corrected chi connectivity index (χ2v) is 5.19. The normalized spacial score (nSPS) is 20.5. The van der Waals surface area contributed by atoms with Gasteiger partial charge in [0.15, 0.2) is 0 Å². The van der Waals surface area contributed by atoms with Crippen molar-refractivity contribution < 1.29 is 19.1 Å². The third-order valence-electron chi connectivity index (χ3n) is 3.64. The summed E-state index contributed by atoms with van der Waals surface area (Å²) in [6.45, 7) is 3.60. The molecule has 118 valence electrons. The number of nitrogens with one attached hydrogen (secondary N) is 1. The number of rotatable bonds is 4. The van der Waals surface area contributed by atoms with Crippen molar-refractivity contribution in [2.45, 2.75) is 32.4 Å². The fourth-order valence-corrected chi connectivity index (χ4v) is 2.77. The molecule has 0 aliphatic carbocycles. The van der Waals surface area contributed by atoms with E-state index in [0.29, 0.717) is 24.9 Å². The molecule has 0 aromatic heterocycles. The Morgan fingerprint density at radius 3 is 2.55 bits per heavy atom. The van der Waals surface area contributed by atoms with Crippen molar-refractivity contribution in [1.29, 1.82) is 0 Å². The van der Waals surface area contributed by atoms with Crippen LogP contribution in [0.3, 0.4) is 0 Å². The topological polar surface area (TPSA) is 75.7 Å². The molecule has 2 amide bonds. The zero-order chi connectivity index (χ0) is 16.2. The van der Waals surface area contributed by atoms with Gasteiger partial charge in [-0.1, -0.05) is 18.2 Å². The molecule has 1 aromatic rings. The molecule has 0 radical (unpaired) electrons. The highest BCUT2D eigenvalue weighted by atomic mass is 16.5. The summed E-state index contributed by atoms with van der Waals surface area (Å²) in [5.41, 5.74) is -0.933. The van der Waals surface area contributed by atoms with Crippen LogP contribution >= 0.6 is 0 Å². The molecule has 1 aliphatic rings. The number of hydrogen-bond donors (Lipinski definition) is 1. The van der Waals surface area contributed by atoms with E-state index in [0.717, 1.165) is 0 Å². The molecule has 0 spiro atoms. The fourth-order valence-electron chi connectivity index (χ4n) is 2.77. The lowest BCUT2D eigenvalue weighted by atomic mass is 10.1. The second kappa shape index (κ2) is 6.60. The average molecular weight is 304 g/mol. The maximum Gasteiger partial charge on any atom is 0.353 e. The van der Waals surface area contributed by atoms with Gasteiger partial charge in [-0.2, -0.15) is 0 Å². The molecule has 6 nitrogen and oxygen atoms in total. The van der Waals surface area contributed by atoms with Crippen LogP contribution < -0.4 is 5.32 Å². The lowest BCUT2D eigenvalue weighted by Gasteiger charge is -2.36. The number of ether oxygens (including phenoxy) is 1. The SMILES string of the molecule is CCOC(=O)C1(NC(C)=O)CCCN1C(=O)c1ccccc1. The Labute approximate surface area is 129 Å². The van der Waals surface area contributed by atoms with Crippen LogP contribution in [0.4, 0.5) is 0 Å². The number of benzene rings is 1. The first-order valence-corrected chi connectivity index (χ1v) is 7.34. The van der Waals surface area contributed by atoms with E-state index >= 15 is 0 Å². The number of likely N-dealkylation sites (tertiary alicyclic amines) is 1. The van der Waals surface area contributed by atoms with Crippen LogP contribution in [-0.2, 0) is 14.3 Å². The number of nitrogens with zero attached hydrogens (tertiary/aromatic N) is 1. The lowest BCUT2D eigenvalue weighted by molar-refractivity contribution is -0.159. The van der Waals surface area contributed by atoms with Crippen molar-refractivity contribution in [2.24, 2.45) is 0 Å². The van der Waals surface area contributed by atoms with Crippen LogP contribution in [0.15, 0.2) is 30.3 Å². The van der Waals surface area contributed by atoms with E-state index in [-0.39, 0.29) is 18.4 Å². The minimum absolute atomic E-state index is 0.188. The van der Waals surface area contributed by atoms with Gasteiger partial charge in [0.25, 0.3) is 5.91 Å². The molecular weight excluding hydrogens is 284 g/mol. The lowest BCUT2D eigenvalue weighted by Crippen LogP contribution is -2.64. The highest BCUT2D eigenvalue weighted by Gasteiger charge is 2.52. The maximum absolute atomic E-state index is 12.7. The maximum atomic E-state index is 12.7. The van der Waals surface area contributed by atoms with Gasteiger partial charge in [-0.15, -0.1) is 0 Å². The number of hydrogen-bond acceptors (Lipinski definition) is 4. The summed E-state index contributed by atoms with van der Waals surface area (Å²) >= 11 is 0. The van der Waals surface area contributed by atoms with E-state index < -0.39 is 11.6 Å². The van der Waals surface area contributed by atoms with Crippen molar-refractivity contribution in [3.63, 3.8) is 0 Å². The van der Waals surface area contributed by atoms with Crippen LogP contribution in [0.5, 0.6) is 0 Å². The Hall–Kier alpha value is -2.37. The predicted octanol–water partition coefficient (Wildman–Crippen LogP) is 1.32. The average Bonchev–Trinajstić information content (AvgIpc) is 2.91. The van der Waals surface area contributed by atoms with Gasteiger partial charge in [0.1, 0.15) is 0 Å². The summed E-state index contributed by atoms with van der Waals surface area (Å²) in [5, 5.41) is 2.63. The molecule has 1 aromatic carbocycles. The molecule has 1 saturated heterocycles. The number of amides is 2. The summed E-state index contributed by atoms with van der Waals surface area (Å²) in [4.78, 5) is 38.1. The molecule has 1 unspecified atom stereocenters. The summed E-state index contributed by atoms with van der Waals surface area (Å²) < 4.78 is 5.10. The van der Waals surface area contributed by atoms with Crippen LogP contribution in [0.1, 0.15) is 37.0 Å². The van der Waals surface area contributed by atoms with Gasteiger partial charge in [-0.3, -0.25) is 9.59 Å². The number of carbonyl (C=O) groups is 3. The third kappa shape index (κ3) is 2.95. The second-order valence-electron chi connectivity index (χ2n) is 5.19. The molecule has 1 N–H and O–H groups in total. The molecule has 1 aliphatic heterocycles. The van der Waals surface area contributed by atoms with Crippen molar-refractivity contribution >= 4 is 17.8 Å². The van der Waals surface area contributed by atoms with Gasteiger partial charge >= 0.3 is 5.97 Å². The highest BCUT2D eigenvalue weighted by Crippen LogP contribution is 2.30. The summed E-state index contributed by atoms with van der Waals surface area (Å²) in [6, 6.07) is 8.70. The van der Waals surface area contributed by atoms with Gasteiger partial charge in [0.2, 0.25) is 11.6 Å². The Kier molecular flexibility index (Phi) is 4.80. The standard InChI is InChI=1S/C16H20N2O4/c1-3-22-15(21)16(17-12(2)19)10-7-11-18(16)14(20)13-8-5-4-6-9-13/h4-6,8-9H,3,7,10-11H2,1-2H3,(H,17,19). The van der Waals surface area contributed by atoms with E-state index in [2.05, 4.69) is 5.32 Å². The molecule has 6 heteroatoms. The van der Waals surface area contributed by atoms with Crippen molar-refractivity contribution in [2.75, 3.05) is 13.2 Å². The van der Waals surface area contributed by atoms with Crippen LogP contribution in [0, 0.1) is 0 Å². The van der Waals surface area contributed by atoms with E-state index in [9.17, 15) is 14.4 Å². The Bertz CT molecular complexity index is 573. The highest BCUT2D eigenvalue weighted by molar-refractivity contribution is 5.99. The minimum Gasteiger partial charge on any atom is -0.463 e. The summed E-state index contributed by atoms with van der Waals surface area (Å²) in [6.07, 6.45) is 0.974. The smallest absolute Gasteiger partial charge is 0.353 e. The molecular formula is C16H20N2O4. The van der Waals surface area contributed by atoms with Gasteiger partial charge in [0.05, 0.1) is 6.61 Å². The van der Waals surface area contributed by atoms with Crippen LogP contribution in [0.25, 0.3) is 0 Å². The number of esters is 1. The number of carbonyl (C=O) groups excluding carboxylic acids is 3. The molecule has 22 heavy (non-hydrogen) atoms. The molecule has 1 fully saturated rings. The van der Waals surface area contributed by atoms with Crippen molar-refractivity contribution in [1.82, 2.24) is 10.2 Å². The predicted molar refractivity (Wildman–Crippen MR) is 79.9 cm³/mol. The Balaban J connectivity index is 2.36. The monoisotopic (exact) mass is 304 g/mol. The van der Waals surface area contributed by atoms with E-state index in [1.165, 1.54) is 11.8 Å². The Morgan fingerprint density at radius 1 is 1.27 bits per heavy atom. The van der Waals surface area contributed by atoms with Gasteiger partial charge in [-0.25, -0.2) is 4.79 Å². The third-order valence-corrected chi connectivity index (χ3v) is 3.64. The summed E-state index contributed by atoms with van der Waals surface area (Å²) in [7, 11) is 0. The van der Waals surface area contributed by atoms with Gasteiger partial charge in [-0.05, 0) is 25.5 Å². The van der Waals surface area contributed by atoms with Gasteiger partial charge in [0, 0.05) is 25.5 Å². The Morgan fingerprint density at radius 2 is 1.95 bits per heavy atom. The molecule has 1 heterocycles. The largest absolute Gasteiger partial charge is 0.463 e. The minimum atomic E-state index is -1.41. The van der Waals surface area contributed by atoms with Crippen LogP contribution in [-0.4, -0.2) is 41.5 Å². The van der Waals surface area contributed by atoms with Crippen molar-refractivity contribution in [3.8, 4) is 0 Å². The quantitative estimate of drug-likeness (QED) is 0.851. The molecule has 0 bridgehead atoms. The first kappa shape index (κ1) is 16.0. The van der Waals surface area contributed by atoms with Gasteiger partial charge < -0.3 is 15.0 Å². The first-order valence-electron chi connectivity index (χ1n) is 7.34. The molecule has 2 rings (SSSR count). The molecule has 0 saturated carbocycles. The fraction of sp³-hybridized carbons (Fsp3) is 0.438. The van der Waals surface area contributed by atoms with Crippen molar-refractivity contribution in [3.05, 3.63) is 35.9 Å². The van der Waals surface area contributed by atoms with E-state index in [1.54, 1.807) is 31.2 Å². The van der Waals surface area contributed by atoms with E-state index in [1.807, 2.05) is 6.07 Å². The summed E-state index contributed by atoms with van der Waals surface area (Å²) in [5.74, 6) is -1.26. The zero-order valence-electron chi connectivity index (χ0n) is 12.8.